The van der Waals surface area contributed by atoms with Crippen LogP contribution in [0, 0.1) is 5.92 Å². The van der Waals surface area contributed by atoms with Crippen LogP contribution in [0.25, 0.3) is 0 Å². The van der Waals surface area contributed by atoms with Crippen LogP contribution in [0.5, 0.6) is 0 Å². The van der Waals surface area contributed by atoms with E-state index in [0.29, 0.717) is 19.5 Å². The Kier molecular flexibility index (Phi) is 5.96. The molecule has 2 fully saturated rings. The summed E-state index contributed by atoms with van der Waals surface area (Å²) in [5.41, 5.74) is 1.28. The number of hydrogen-bond acceptors (Lipinski definition) is 5. The molecule has 2 saturated heterocycles. The smallest absolute Gasteiger partial charge is 0.330 e. The molecule has 3 rings (SSSR count). The Morgan fingerprint density at radius 2 is 2.16 bits per heavy atom. The fourth-order valence-electron chi connectivity index (χ4n) is 3.43. The van der Waals surface area contributed by atoms with Gasteiger partial charge in [0.2, 0.25) is 11.8 Å². The first-order valence-electron chi connectivity index (χ1n) is 9.11. The van der Waals surface area contributed by atoms with E-state index in [0.717, 1.165) is 43.6 Å². The number of nitrogens with zero attached hydrogens (tertiary/aromatic N) is 2. The van der Waals surface area contributed by atoms with Crippen molar-refractivity contribution in [1.82, 2.24) is 10.2 Å². The molecule has 0 aromatic rings. The number of aliphatic imine (C=N–C) groups is 1. The minimum Gasteiger partial charge on any atom is -0.376 e. The second-order valence-electron chi connectivity index (χ2n) is 6.77. The molecule has 7 heteroatoms. The van der Waals surface area contributed by atoms with Gasteiger partial charge in [0, 0.05) is 19.4 Å². The van der Waals surface area contributed by atoms with Crippen molar-refractivity contribution in [2.24, 2.45) is 10.9 Å². The summed E-state index contributed by atoms with van der Waals surface area (Å²) in [5, 5.41) is 2.26. The van der Waals surface area contributed by atoms with Gasteiger partial charge in [-0.15, -0.1) is 0 Å². The molecule has 0 saturated carbocycles. The van der Waals surface area contributed by atoms with Crippen molar-refractivity contribution in [2.45, 2.75) is 51.0 Å². The second kappa shape index (κ2) is 8.38. The average molecular weight is 347 g/mol. The van der Waals surface area contributed by atoms with E-state index in [1.165, 1.54) is 18.2 Å². The molecule has 2 atom stereocenters. The van der Waals surface area contributed by atoms with Crippen LogP contribution < -0.4 is 5.32 Å². The fourth-order valence-corrected chi connectivity index (χ4v) is 3.43. The van der Waals surface area contributed by atoms with Crippen LogP contribution in [-0.2, 0) is 14.3 Å². The first-order valence-corrected chi connectivity index (χ1v) is 9.11. The second-order valence-corrected chi connectivity index (χ2v) is 6.77. The largest absolute Gasteiger partial charge is 0.376 e. The van der Waals surface area contributed by atoms with E-state index >= 15 is 0 Å². The molecule has 1 aliphatic carbocycles. The number of amides is 4. The summed E-state index contributed by atoms with van der Waals surface area (Å²) in [6.07, 6.45) is 10.7. The number of hydrogen-bond donors (Lipinski definition) is 1. The Labute approximate surface area is 147 Å². The number of urea groups is 1. The average Bonchev–Trinajstić information content (AvgIpc) is 3.12. The molecule has 7 nitrogen and oxygen atoms in total. The molecule has 2 heterocycles. The molecule has 0 spiro atoms. The van der Waals surface area contributed by atoms with Crippen LogP contribution >= 0.6 is 0 Å². The highest BCUT2D eigenvalue weighted by atomic mass is 16.5. The number of allylic oxidation sites excluding steroid dienone is 1. The maximum atomic E-state index is 12.5. The molecule has 3 aliphatic rings. The van der Waals surface area contributed by atoms with E-state index in [4.69, 9.17) is 4.74 Å². The minimum absolute atomic E-state index is 0.0639. The number of carbonyl (C=O) groups excluding carboxylic acids is 3. The van der Waals surface area contributed by atoms with Crippen LogP contribution in [0.3, 0.4) is 0 Å². The molecule has 0 aromatic heterocycles. The van der Waals surface area contributed by atoms with Crippen LogP contribution in [0.1, 0.15) is 44.9 Å². The van der Waals surface area contributed by atoms with E-state index in [9.17, 15) is 14.4 Å². The van der Waals surface area contributed by atoms with E-state index in [1.807, 2.05) is 0 Å². The first-order chi connectivity index (χ1) is 12.1. The number of ether oxygens (including phenoxy) is 1. The predicted octanol–water partition coefficient (Wildman–Crippen LogP) is 1.82. The number of barbiturate groups is 1. The summed E-state index contributed by atoms with van der Waals surface area (Å²) in [6, 6.07) is -0.629. The van der Waals surface area contributed by atoms with Gasteiger partial charge in [0.25, 0.3) is 0 Å². The highest BCUT2D eigenvalue weighted by Gasteiger charge is 2.39. The minimum atomic E-state index is -1.03. The Hall–Kier alpha value is -2.02. The lowest BCUT2D eigenvalue weighted by Crippen LogP contribution is -2.58. The zero-order chi connectivity index (χ0) is 17.6. The summed E-state index contributed by atoms with van der Waals surface area (Å²) in [6.45, 7) is 1.49. The molecule has 136 valence electrons. The Bertz CT molecular complexity index is 593. The maximum absolute atomic E-state index is 12.5. The summed E-state index contributed by atoms with van der Waals surface area (Å²) >= 11 is 0. The number of carbonyl (C=O) groups is 3. The molecule has 2 aliphatic heterocycles. The molecule has 0 aromatic carbocycles. The zero-order valence-electron chi connectivity index (χ0n) is 14.4. The molecule has 0 unspecified atom stereocenters. The van der Waals surface area contributed by atoms with Gasteiger partial charge in [0.05, 0.1) is 12.6 Å². The third-order valence-corrected chi connectivity index (χ3v) is 4.92. The number of nitrogens with one attached hydrogen (secondary N) is 1. The lowest BCUT2D eigenvalue weighted by molar-refractivity contribution is -0.139. The Balaban J connectivity index is 1.57. The van der Waals surface area contributed by atoms with Gasteiger partial charge >= 0.3 is 6.03 Å². The van der Waals surface area contributed by atoms with Gasteiger partial charge in [-0.1, -0.05) is 11.6 Å². The lowest BCUT2D eigenvalue weighted by Gasteiger charge is -2.29. The zero-order valence-corrected chi connectivity index (χ0v) is 14.4. The van der Waals surface area contributed by atoms with Crippen molar-refractivity contribution in [3.63, 3.8) is 0 Å². The predicted molar refractivity (Wildman–Crippen MR) is 92.2 cm³/mol. The maximum Gasteiger partial charge on any atom is 0.330 e. The van der Waals surface area contributed by atoms with Crippen LogP contribution in [-0.4, -0.2) is 54.8 Å². The van der Waals surface area contributed by atoms with E-state index in [-0.39, 0.29) is 6.10 Å². The topological polar surface area (TPSA) is 88.1 Å². The van der Waals surface area contributed by atoms with Crippen LogP contribution in [0.2, 0.25) is 0 Å². The van der Waals surface area contributed by atoms with Gasteiger partial charge in [-0.3, -0.25) is 24.8 Å². The van der Waals surface area contributed by atoms with Crippen molar-refractivity contribution >= 4 is 24.1 Å². The highest BCUT2D eigenvalue weighted by Crippen LogP contribution is 2.21. The quantitative estimate of drug-likeness (QED) is 0.451. The molecular formula is C18H25N3O4. The Morgan fingerprint density at radius 1 is 1.28 bits per heavy atom. The van der Waals surface area contributed by atoms with Crippen molar-refractivity contribution in [3.8, 4) is 0 Å². The highest BCUT2D eigenvalue weighted by molar-refractivity contribution is 6.23. The normalized spacial score (nSPS) is 27.8. The summed E-state index contributed by atoms with van der Waals surface area (Å²) in [5.74, 6) is -2.11. The van der Waals surface area contributed by atoms with Crippen LogP contribution in [0.4, 0.5) is 4.79 Å². The summed E-state index contributed by atoms with van der Waals surface area (Å²) in [4.78, 5) is 41.9. The summed E-state index contributed by atoms with van der Waals surface area (Å²) in [7, 11) is 0. The van der Waals surface area contributed by atoms with Gasteiger partial charge in [0.15, 0.2) is 5.92 Å². The van der Waals surface area contributed by atoms with Gasteiger partial charge in [-0.2, -0.15) is 0 Å². The fraction of sp³-hybridized carbons (Fsp3) is 0.667. The monoisotopic (exact) mass is 347 g/mol. The van der Waals surface area contributed by atoms with E-state index in [2.05, 4.69) is 16.4 Å². The number of imide groups is 2. The van der Waals surface area contributed by atoms with Crippen molar-refractivity contribution < 1.29 is 19.1 Å². The SMILES string of the molecule is O=C1NC(=O)N(CCC2=CCCCC2)C(=O)[C@@H]1C=NC[C@H]1CCCO1. The van der Waals surface area contributed by atoms with Crippen molar-refractivity contribution in [3.05, 3.63) is 11.6 Å². The van der Waals surface area contributed by atoms with Gasteiger partial charge in [0.1, 0.15) is 0 Å². The van der Waals surface area contributed by atoms with Gasteiger partial charge in [-0.25, -0.2) is 4.79 Å². The molecule has 0 bridgehead atoms. The molecule has 1 N–H and O–H groups in total. The van der Waals surface area contributed by atoms with Gasteiger partial charge in [-0.05, 0) is 44.9 Å². The molecule has 25 heavy (non-hydrogen) atoms. The third-order valence-electron chi connectivity index (χ3n) is 4.92. The van der Waals surface area contributed by atoms with Gasteiger partial charge < -0.3 is 4.74 Å². The van der Waals surface area contributed by atoms with Crippen molar-refractivity contribution in [1.29, 1.82) is 0 Å². The third kappa shape index (κ3) is 4.54. The van der Waals surface area contributed by atoms with E-state index in [1.54, 1.807) is 0 Å². The summed E-state index contributed by atoms with van der Waals surface area (Å²) < 4.78 is 5.47. The molecule has 0 radical (unpaired) electrons. The first kappa shape index (κ1) is 17.8. The molecular weight excluding hydrogens is 322 g/mol. The van der Waals surface area contributed by atoms with Crippen molar-refractivity contribution in [2.75, 3.05) is 19.7 Å². The molecule has 4 amide bonds. The number of rotatable bonds is 6. The van der Waals surface area contributed by atoms with Crippen LogP contribution in [0.15, 0.2) is 16.6 Å². The standard InChI is InChI=1S/C18H25N3O4/c22-16-15(12-19-11-14-7-4-10-25-14)17(23)21(18(24)20-16)9-8-13-5-2-1-3-6-13/h5,12,14-15H,1-4,6-11H2,(H,20,22,24)/t14-,15-/m1/s1. The lowest BCUT2D eigenvalue weighted by atomic mass is 9.97. The van der Waals surface area contributed by atoms with E-state index < -0.39 is 23.8 Å². The Morgan fingerprint density at radius 3 is 2.88 bits per heavy atom.